The zero-order valence-electron chi connectivity index (χ0n) is 14.3. The van der Waals surface area contributed by atoms with Crippen molar-refractivity contribution in [1.82, 2.24) is 4.57 Å². The van der Waals surface area contributed by atoms with Gasteiger partial charge in [0.2, 0.25) is 0 Å². The molecule has 1 aromatic heterocycles. The van der Waals surface area contributed by atoms with Crippen LogP contribution in [0.1, 0.15) is 6.92 Å². The Morgan fingerprint density at radius 3 is 2.64 bits per heavy atom. The summed E-state index contributed by atoms with van der Waals surface area (Å²) in [6, 6.07) is 23.7. The lowest BCUT2D eigenvalue weighted by molar-refractivity contribution is 0.0366. The zero-order chi connectivity index (χ0) is 17.0. The van der Waals surface area contributed by atoms with Gasteiger partial charge in [0.25, 0.3) is 0 Å². The minimum absolute atomic E-state index is 0.396. The monoisotopic (exact) mass is 345 g/mol. The number of thioether (sulfide) groups is 1. The molecule has 0 aliphatic carbocycles. The fraction of sp³-hybridized carbons (Fsp3) is 0.182. The Morgan fingerprint density at radius 1 is 0.960 bits per heavy atom. The maximum atomic E-state index is 6.51. The van der Waals surface area contributed by atoms with Gasteiger partial charge in [-0.05, 0) is 48.2 Å². The molecule has 1 aliphatic rings. The van der Waals surface area contributed by atoms with E-state index in [1.807, 2.05) is 17.8 Å². The van der Waals surface area contributed by atoms with E-state index in [1.165, 1.54) is 32.9 Å². The number of para-hydroxylation sites is 1. The molecule has 0 amide bonds. The number of benzene rings is 3. The van der Waals surface area contributed by atoms with Crippen molar-refractivity contribution in [3.63, 3.8) is 0 Å². The van der Waals surface area contributed by atoms with Gasteiger partial charge in [-0.2, -0.15) is 11.8 Å². The second kappa shape index (κ2) is 5.30. The third kappa shape index (κ3) is 2.05. The van der Waals surface area contributed by atoms with E-state index in [9.17, 15) is 0 Å². The molecule has 2 nitrogen and oxygen atoms in total. The van der Waals surface area contributed by atoms with Crippen molar-refractivity contribution in [1.29, 1.82) is 0 Å². The Hall–Kier alpha value is -2.39. The molecular formula is C22H19NOS. The Morgan fingerprint density at radius 2 is 1.76 bits per heavy atom. The lowest BCUT2D eigenvalue weighted by Crippen LogP contribution is -2.41. The van der Waals surface area contributed by atoms with E-state index in [2.05, 4.69) is 78.4 Å². The van der Waals surface area contributed by atoms with Gasteiger partial charge in [0, 0.05) is 10.9 Å². The number of rotatable bonds is 2. The molecule has 3 heteroatoms. The van der Waals surface area contributed by atoms with Crippen LogP contribution in [0.2, 0.25) is 0 Å². The third-order valence-corrected chi connectivity index (χ3v) is 5.91. The first kappa shape index (κ1) is 14.9. The second-order valence-electron chi connectivity index (χ2n) is 6.79. The number of fused-ring (bicyclic) bond motifs is 7. The van der Waals surface area contributed by atoms with Gasteiger partial charge in [-0.25, -0.2) is 0 Å². The first-order valence-electron chi connectivity index (χ1n) is 8.52. The van der Waals surface area contributed by atoms with Gasteiger partial charge in [-0.1, -0.05) is 42.5 Å². The van der Waals surface area contributed by atoms with E-state index in [0.717, 1.165) is 11.5 Å². The van der Waals surface area contributed by atoms with Crippen LogP contribution in [0.15, 0.2) is 66.7 Å². The number of hydrogen-bond donors (Lipinski definition) is 0. The summed E-state index contributed by atoms with van der Waals surface area (Å²) in [7, 11) is 0. The van der Waals surface area contributed by atoms with Crippen molar-refractivity contribution in [2.45, 2.75) is 12.6 Å². The zero-order valence-corrected chi connectivity index (χ0v) is 15.1. The molecule has 0 N–H and O–H groups in total. The predicted octanol–water partition coefficient (Wildman–Crippen LogP) is 5.89. The van der Waals surface area contributed by atoms with E-state index in [1.54, 1.807) is 0 Å². The molecule has 2 heterocycles. The predicted molar refractivity (Wildman–Crippen MR) is 108 cm³/mol. The highest BCUT2D eigenvalue weighted by atomic mass is 32.2. The smallest absolute Gasteiger partial charge is 0.193 e. The van der Waals surface area contributed by atoms with Crippen LogP contribution in [0.25, 0.3) is 32.9 Å². The first-order valence-corrected chi connectivity index (χ1v) is 9.92. The minimum Gasteiger partial charge on any atom is -0.466 e. The average molecular weight is 345 g/mol. The first-order chi connectivity index (χ1) is 12.2. The molecule has 0 fully saturated rings. The van der Waals surface area contributed by atoms with Crippen LogP contribution in [0, 0.1) is 0 Å². The average Bonchev–Trinajstić information content (AvgIpc) is 3.03. The molecular weight excluding hydrogens is 326 g/mol. The van der Waals surface area contributed by atoms with Gasteiger partial charge in [-0.15, -0.1) is 0 Å². The Kier molecular flexibility index (Phi) is 3.16. The molecule has 1 unspecified atom stereocenters. The third-order valence-electron chi connectivity index (χ3n) is 5.09. The van der Waals surface area contributed by atoms with Crippen molar-refractivity contribution in [3.8, 4) is 17.0 Å². The summed E-state index contributed by atoms with van der Waals surface area (Å²) in [4.78, 5) is 0. The van der Waals surface area contributed by atoms with E-state index in [-0.39, 0.29) is 0 Å². The molecule has 0 saturated heterocycles. The number of hydrogen-bond acceptors (Lipinski definition) is 2. The van der Waals surface area contributed by atoms with E-state index in [0.29, 0.717) is 0 Å². The Bertz CT molecular complexity index is 1110. The SMILES string of the molecule is CSCC1(C)Oc2ccccc2-c2cc3c4ccccc4ccc3n21. The van der Waals surface area contributed by atoms with Crippen LogP contribution in [-0.4, -0.2) is 16.6 Å². The topological polar surface area (TPSA) is 14.2 Å². The molecule has 1 atom stereocenters. The lowest BCUT2D eigenvalue weighted by atomic mass is 10.1. The quantitative estimate of drug-likeness (QED) is 0.450. The fourth-order valence-corrected chi connectivity index (χ4v) is 4.80. The highest BCUT2D eigenvalue weighted by Gasteiger charge is 2.37. The molecule has 0 spiro atoms. The van der Waals surface area contributed by atoms with Crippen molar-refractivity contribution >= 4 is 33.4 Å². The maximum absolute atomic E-state index is 6.51. The second-order valence-corrected chi connectivity index (χ2v) is 7.66. The maximum Gasteiger partial charge on any atom is 0.193 e. The van der Waals surface area contributed by atoms with Crippen LogP contribution in [0.3, 0.4) is 0 Å². The van der Waals surface area contributed by atoms with Gasteiger partial charge in [0.1, 0.15) is 5.75 Å². The highest BCUT2D eigenvalue weighted by Crippen LogP contribution is 2.46. The summed E-state index contributed by atoms with van der Waals surface area (Å²) in [6.07, 6.45) is 2.13. The molecule has 1 aliphatic heterocycles. The summed E-state index contributed by atoms with van der Waals surface area (Å²) in [5.41, 5.74) is 3.25. The van der Waals surface area contributed by atoms with Crippen molar-refractivity contribution in [2.75, 3.05) is 12.0 Å². The standard InChI is InChI=1S/C22H19NOS/c1-22(14-25-2)23-19-12-11-15-7-3-4-8-16(15)18(19)13-20(23)17-9-5-6-10-21(17)24-22/h3-13H,14H2,1-2H3. The van der Waals surface area contributed by atoms with Gasteiger partial charge < -0.3 is 9.30 Å². The number of aromatic nitrogens is 1. The van der Waals surface area contributed by atoms with Crippen LogP contribution < -0.4 is 4.74 Å². The van der Waals surface area contributed by atoms with E-state index >= 15 is 0 Å². The number of nitrogens with zero attached hydrogens (tertiary/aromatic N) is 1. The van der Waals surface area contributed by atoms with Gasteiger partial charge >= 0.3 is 0 Å². The summed E-state index contributed by atoms with van der Waals surface area (Å²) < 4.78 is 8.89. The van der Waals surface area contributed by atoms with Gasteiger partial charge in [0.05, 0.1) is 17.0 Å². The largest absolute Gasteiger partial charge is 0.466 e. The Balaban J connectivity index is 1.93. The van der Waals surface area contributed by atoms with Crippen LogP contribution in [-0.2, 0) is 5.72 Å². The van der Waals surface area contributed by atoms with Crippen LogP contribution in [0.4, 0.5) is 0 Å². The van der Waals surface area contributed by atoms with Gasteiger partial charge in [-0.3, -0.25) is 0 Å². The lowest BCUT2D eigenvalue weighted by Gasteiger charge is -2.38. The molecule has 4 aromatic rings. The molecule has 3 aromatic carbocycles. The Labute approximate surface area is 151 Å². The highest BCUT2D eigenvalue weighted by molar-refractivity contribution is 7.98. The van der Waals surface area contributed by atoms with Crippen molar-refractivity contribution < 1.29 is 4.74 Å². The fourth-order valence-electron chi connectivity index (χ4n) is 4.08. The van der Waals surface area contributed by atoms with Crippen molar-refractivity contribution in [3.05, 3.63) is 66.7 Å². The summed E-state index contributed by atoms with van der Waals surface area (Å²) in [6.45, 7) is 2.19. The molecule has 0 saturated carbocycles. The summed E-state index contributed by atoms with van der Waals surface area (Å²) >= 11 is 1.81. The van der Waals surface area contributed by atoms with Crippen LogP contribution in [0.5, 0.6) is 5.75 Å². The van der Waals surface area contributed by atoms with E-state index < -0.39 is 5.72 Å². The molecule has 124 valence electrons. The molecule has 0 bridgehead atoms. The van der Waals surface area contributed by atoms with Crippen molar-refractivity contribution in [2.24, 2.45) is 0 Å². The molecule has 25 heavy (non-hydrogen) atoms. The summed E-state index contributed by atoms with van der Waals surface area (Å²) in [5, 5.41) is 3.87. The van der Waals surface area contributed by atoms with Crippen LogP contribution >= 0.6 is 11.8 Å². The van der Waals surface area contributed by atoms with Gasteiger partial charge in [0.15, 0.2) is 5.72 Å². The summed E-state index contributed by atoms with van der Waals surface area (Å²) in [5.74, 6) is 1.86. The van der Waals surface area contributed by atoms with E-state index in [4.69, 9.17) is 4.74 Å². The normalized spacial score (nSPS) is 18.8. The minimum atomic E-state index is -0.396. The molecule has 0 radical (unpaired) electrons. The molecule has 5 rings (SSSR count). The number of ether oxygens (including phenoxy) is 1.